The highest BCUT2D eigenvalue weighted by Crippen LogP contribution is 2.46. The summed E-state index contributed by atoms with van der Waals surface area (Å²) in [4.78, 5) is 28.7. The zero-order valence-corrected chi connectivity index (χ0v) is 13.6. The minimum atomic E-state index is -0.569. The lowest BCUT2D eigenvalue weighted by molar-refractivity contribution is -0.122. The molecule has 22 heavy (non-hydrogen) atoms. The Kier molecular flexibility index (Phi) is 3.20. The van der Waals surface area contributed by atoms with Crippen molar-refractivity contribution in [3.8, 4) is 0 Å². The Hall–Kier alpha value is -2.04. The third-order valence-electron chi connectivity index (χ3n) is 4.53. The van der Waals surface area contributed by atoms with Crippen LogP contribution in [-0.4, -0.2) is 42.5 Å². The van der Waals surface area contributed by atoms with Gasteiger partial charge in [-0.25, -0.2) is 4.79 Å². The Bertz CT molecular complexity index is 635. The second kappa shape index (κ2) is 4.73. The fourth-order valence-electron chi connectivity index (χ4n) is 3.49. The zero-order valence-electron chi connectivity index (χ0n) is 13.6. The van der Waals surface area contributed by atoms with Crippen molar-refractivity contribution in [1.82, 2.24) is 10.2 Å². The van der Waals surface area contributed by atoms with Crippen molar-refractivity contribution in [2.24, 2.45) is 0 Å². The van der Waals surface area contributed by atoms with Crippen LogP contribution >= 0.6 is 0 Å². The summed E-state index contributed by atoms with van der Waals surface area (Å²) in [5, 5.41) is 2.98. The molecule has 5 nitrogen and oxygen atoms in total. The van der Waals surface area contributed by atoms with Crippen LogP contribution in [0.5, 0.6) is 0 Å². The van der Waals surface area contributed by atoms with Gasteiger partial charge in [0.25, 0.3) is 0 Å². The van der Waals surface area contributed by atoms with Crippen molar-refractivity contribution >= 4 is 17.6 Å². The van der Waals surface area contributed by atoms with E-state index in [1.54, 1.807) is 9.80 Å². The third kappa shape index (κ3) is 2.16. The molecule has 1 N–H and O–H groups in total. The summed E-state index contributed by atoms with van der Waals surface area (Å²) in [5.74, 6) is 0.0970. The first-order valence-corrected chi connectivity index (χ1v) is 7.69. The smallest absolute Gasteiger partial charge is 0.317 e. The number of urea groups is 1. The molecule has 0 radical (unpaired) electrons. The number of benzene rings is 1. The van der Waals surface area contributed by atoms with E-state index in [1.165, 1.54) is 0 Å². The Morgan fingerprint density at radius 2 is 1.95 bits per heavy atom. The molecule has 2 heterocycles. The standard InChI is InChI=1S/C17H23N3O2/c1-16(2,3)18-15(22)20-10-9-17(11-20)12-7-5-6-8-13(12)19(4)14(17)21/h5-8H,9-11H2,1-4H3,(H,18,22)/t17-/m0/s1. The van der Waals surface area contributed by atoms with Gasteiger partial charge in [-0.3, -0.25) is 4.79 Å². The molecule has 118 valence electrons. The molecule has 3 rings (SSSR count). The molecular formula is C17H23N3O2. The summed E-state index contributed by atoms with van der Waals surface area (Å²) in [6, 6.07) is 7.80. The van der Waals surface area contributed by atoms with Gasteiger partial charge in [0.05, 0.1) is 5.41 Å². The van der Waals surface area contributed by atoms with Crippen LogP contribution in [-0.2, 0) is 10.2 Å². The average molecular weight is 301 g/mol. The lowest BCUT2D eigenvalue weighted by Crippen LogP contribution is -2.49. The fourth-order valence-corrected chi connectivity index (χ4v) is 3.49. The number of fused-ring (bicyclic) bond motifs is 2. The van der Waals surface area contributed by atoms with Gasteiger partial charge in [-0.2, -0.15) is 0 Å². The number of hydrogen-bond donors (Lipinski definition) is 1. The average Bonchev–Trinajstić information content (AvgIpc) is 2.97. The monoisotopic (exact) mass is 301 g/mol. The van der Waals surface area contributed by atoms with Crippen molar-refractivity contribution in [3.63, 3.8) is 0 Å². The maximum atomic E-state index is 12.8. The predicted molar refractivity (Wildman–Crippen MR) is 86.0 cm³/mol. The number of nitrogens with zero attached hydrogens (tertiary/aromatic N) is 2. The normalized spacial score (nSPS) is 24.1. The van der Waals surface area contributed by atoms with Crippen LogP contribution in [0, 0.1) is 0 Å². The largest absolute Gasteiger partial charge is 0.333 e. The SMILES string of the molecule is CN1C(=O)[C@]2(CCN(C(=O)NC(C)(C)C)C2)c2ccccc21. The van der Waals surface area contributed by atoms with Gasteiger partial charge in [0.2, 0.25) is 5.91 Å². The first-order chi connectivity index (χ1) is 10.2. The van der Waals surface area contributed by atoms with Gasteiger partial charge in [-0.1, -0.05) is 18.2 Å². The van der Waals surface area contributed by atoms with E-state index in [-0.39, 0.29) is 17.5 Å². The molecule has 1 atom stereocenters. The molecule has 1 spiro atoms. The number of anilines is 1. The predicted octanol–water partition coefficient (Wildman–Crippen LogP) is 2.11. The van der Waals surface area contributed by atoms with Gasteiger partial charge in [-0.05, 0) is 38.8 Å². The van der Waals surface area contributed by atoms with Crippen molar-refractivity contribution in [2.75, 3.05) is 25.0 Å². The maximum Gasteiger partial charge on any atom is 0.317 e. The Morgan fingerprint density at radius 3 is 2.64 bits per heavy atom. The summed E-state index contributed by atoms with van der Waals surface area (Å²) in [7, 11) is 1.81. The van der Waals surface area contributed by atoms with Crippen LogP contribution < -0.4 is 10.2 Å². The van der Waals surface area contributed by atoms with Crippen molar-refractivity contribution in [3.05, 3.63) is 29.8 Å². The highest BCUT2D eigenvalue weighted by molar-refractivity contribution is 6.08. The number of rotatable bonds is 0. The maximum absolute atomic E-state index is 12.8. The molecule has 2 aliphatic rings. The first-order valence-electron chi connectivity index (χ1n) is 7.69. The van der Waals surface area contributed by atoms with Crippen LogP contribution in [0.4, 0.5) is 10.5 Å². The summed E-state index contributed by atoms with van der Waals surface area (Å²) in [6.45, 7) is 6.94. The molecule has 0 bridgehead atoms. The molecule has 0 aromatic heterocycles. The van der Waals surface area contributed by atoms with E-state index in [0.717, 1.165) is 11.3 Å². The molecule has 1 fully saturated rings. The number of nitrogens with one attached hydrogen (secondary N) is 1. The van der Waals surface area contributed by atoms with Gasteiger partial charge < -0.3 is 15.1 Å². The highest BCUT2D eigenvalue weighted by atomic mass is 16.2. The quantitative estimate of drug-likeness (QED) is 0.798. The minimum absolute atomic E-state index is 0.0933. The number of para-hydroxylation sites is 1. The van der Waals surface area contributed by atoms with Crippen molar-refractivity contribution in [2.45, 2.75) is 38.1 Å². The molecule has 0 aliphatic carbocycles. The molecule has 2 aliphatic heterocycles. The molecular weight excluding hydrogens is 278 g/mol. The summed E-state index contributed by atoms with van der Waals surface area (Å²) in [5.41, 5.74) is 1.17. The summed E-state index contributed by atoms with van der Waals surface area (Å²) >= 11 is 0. The second-order valence-corrected chi connectivity index (χ2v) is 7.32. The van der Waals surface area contributed by atoms with Crippen molar-refractivity contribution < 1.29 is 9.59 Å². The zero-order chi connectivity index (χ0) is 16.1. The summed E-state index contributed by atoms with van der Waals surface area (Å²) in [6.07, 6.45) is 0.685. The number of likely N-dealkylation sites (tertiary alicyclic amines) is 1. The minimum Gasteiger partial charge on any atom is -0.333 e. The number of hydrogen-bond acceptors (Lipinski definition) is 2. The number of likely N-dealkylation sites (N-methyl/N-ethyl adjacent to an activating group) is 1. The number of carbonyl (C=O) groups excluding carboxylic acids is 2. The van der Waals surface area contributed by atoms with Crippen LogP contribution in [0.15, 0.2) is 24.3 Å². The van der Waals surface area contributed by atoms with Crippen molar-refractivity contribution in [1.29, 1.82) is 0 Å². The van der Waals surface area contributed by atoms with Crippen LogP contribution in [0.2, 0.25) is 0 Å². The molecule has 0 saturated carbocycles. The molecule has 1 aromatic rings. The van der Waals surface area contributed by atoms with Gasteiger partial charge in [-0.15, -0.1) is 0 Å². The fraction of sp³-hybridized carbons (Fsp3) is 0.529. The van der Waals surface area contributed by atoms with Gasteiger partial charge in [0.15, 0.2) is 0 Å². The van der Waals surface area contributed by atoms with E-state index >= 15 is 0 Å². The highest BCUT2D eigenvalue weighted by Gasteiger charge is 2.54. The van der Waals surface area contributed by atoms with Crippen LogP contribution in [0.25, 0.3) is 0 Å². The Labute approximate surface area is 131 Å². The lowest BCUT2D eigenvalue weighted by Gasteiger charge is -2.27. The second-order valence-electron chi connectivity index (χ2n) is 7.32. The van der Waals surface area contributed by atoms with E-state index in [9.17, 15) is 9.59 Å². The first kappa shape index (κ1) is 14.9. The third-order valence-corrected chi connectivity index (χ3v) is 4.53. The number of amides is 3. The summed E-state index contributed by atoms with van der Waals surface area (Å²) < 4.78 is 0. The van der Waals surface area contributed by atoms with E-state index in [2.05, 4.69) is 5.32 Å². The van der Waals surface area contributed by atoms with E-state index in [4.69, 9.17) is 0 Å². The lowest BCUT2D eigenvalue weighted by atomic mass is 9.81. The van der Waals surface area contributed by atoms with E-state index in [0.29, 0.717) is 19.5 Å². The van der Waals surface area contributed by atoms with Crippen LogP contribution in [0.1, 0.15) is 32.8 Å². The molecule has 0 unspecified atom stereocenters. The molecule has 5 heteroatoms. The Balaban J connectivity index is 1.88. The van der Waals surface area contributed by atoms with Crippen LogP contribution in [0.3, 0.4) is 0 Å². The topological polar surface area (TPSA) is 52.7 Å². The molecule has 1 saturated heterocycles. The number of carbonyl (C=O) groups is 2. The van der Waals surface area contributed by atoms with E-state index < -0.39 is 5.41 Å². The molecule has 3 amide bonds. The van der Waals surface area contributed by atoms with Gasteiger partial charge >= 0.3 is 6.03 Å². The van der Waals surface area contributed by atoms with Gasteiger partial charge in [0.1, 0.15) is 0 Å². The Morgan fingerprint density at radius 1 is 1.27 bits per heavy atom. The molecule has 1 aromatic carbocycles. The van der Waals surface area contributed by atoms with Gasteiger partial charge in [0, 0.05) is 31.4 Å². The van der Waals surface area contributed by atoms with E-state index in [1.807, 2.05) is 52.1 Å².